The van der Waals surface area contributed by atoms with Crippen LogP contribution in [-0.4, -0.2) is 38.9 Å². The number of carbonyl (C=O) groups is 2. The maximum Gasteiger partial charge on any atom is 0.329 e. The molecule has 1 fully saturated rings. The summed E-state index contributed by atoms with van der Waals surface area (Å²) in [5.74, 6) is -2.25. The zero-order valence-corrected chi connectivity index (χ0v) is 14.6. The number of carboxylic acid groups (broad SMARTS) is 1. The summed E-state index contributed by atoms with van der Waals surface area (Å²) in [6.07, 6.45) is 0.847. The van der Waals surface area contributed by atoms with Crippen molar-refractivity contribution in [3.63, 3.8) is 0 Å². The quantitative estimate of drug-likeness (QED) is 0.800. The second-order valence-electron chi connectivity index (χ2n) is 6.85. The van der Waals surface area contributed by atoms with Crippen LogP contribution in [0.1, 0.15) is 32.7 Å². The molecule has 2 heterocycles. The lowest BCUT2D eigenvalue weighted by Crippen LogP contribution is -2.52. The normalized spacial score (nSPS) is 18.4. The highest BCUT2D eigenvalue weighted by Crippen LogP contribution is 2.25. The Morgan fingerprint density at radius 2 is 1.92 bits per heavy atom. The molecule has 8 heteroatoms. The monoisotopic (exact) mass is 358 g/mol. The third-order valence-electron chi connectivity index (χ3n) is 4.81. The van der Waals surface area contributed by atoms with E-state index in [1.807, 2.05) is 0 Å². The van der Waals surface area contributed by atoms with Crippen LogP contribution in [0.5, 0.6) is 0 Å². The molecule has 2 atom stereocenters. The van der Waals surface area contributed by atoms with E-state index in [1.54, 1.807) is 38.1 Å². The number of carbonyl (C=O) groups excluding carboxylic acids is 2. The zero-order chi connectivity index (χ0) is 19.0. The first-order chi connectivity index (χ1) is 12.3. The van der Waals surface area contributed by atoms with Crippen molar-refractivity contribution < 1.29 is 14.7 Å². The second kappa shape index (κ2) is 6.78. The number of nitrogens with one attached hydrogen (secondary N) is 1. The summed E-state index contributed by atoms with van der Waals surface area (Å²) in [4.78, 5) is 53.6. The number of aromatic nitrogens is 2. The number of aromatic amines is 1. The number of para-hydroxylation sites is 1. The largest absolute Gasteiger partial charge is 0.548 e. The van der Waals surface area contributed by atoms with Gasteiger partial charge in [0.25, 0.3) is 5.56 Å². The standard InChI is InChI=1S/C18H21N3O5/c1-10(2)14(16(23)20-9-5-8-13(20)17(24)25)21-15(22)11-6-3-4-7-12(11)19-18(21)26/h3-4,6-7,10,13-14H,5,8-9H2,1-2H3,(H,19,26)(H,24,25)/p-1/t13-,14+/m1/s1. The van der Waals surface area contributed by atoms with Crippen molar-refractivity contribution in [1.29, 1.82) is 0 Å². The molecule has 138 valence electrons. The first-order valence-corrected chi connectivity index (χ1v) is 8.58. The minimum atomic E-state index is -1.32. The van der Waals surface area contributed by atoms with Gasteiger partial charge in [-0.15, -0.1) is 0 Å². The summed E-state index contributed by atoms with van der Waals surface area (Å²) in [6.45, 7) is 3.70. The molecule has 1 aromatic carbocycles. The van der Waals surface area contributed by atoms with Crippen molar-refractivity contribution in [2.24, 2.45) is 5.92 Å². The van der Waals surface area contributed by atoms with E-state index >= 15 is 0 Å². The number of fused-ring (bicyclic) bond motifs is 1. The summed E-state index contributed by atoms with van der Waals surface area (Å²) >= 11 is 0. The maximum absolute atomic E-state index is 13.1. The molecule has 1 amide bonds. The number of hydrogen-bond donors (Lipinski definition) is 1. The van der Waals surface area contributed by atoms with Gasteiger partial charge in [-0.05, 0) is 30.9 Å². The summed E-state index contributed by atoms with van der Waals surface area (Å²) in [5, 5.41) is 11.6. The van der Waals surface area contributed by atoms with E-state index < -0.39 is 35.2 Å². The fourth-order valence-electron chi connectivity index (χ4n) is 3.57. The number of aliphatic carboxylic acids is 1. The molecule has 1 aromatic heterocycles. The Hall–Kier alpha value is -2.90. The molecule has 3 rings (SSSR count). The van der Waals surface area contributed by atoms with E-state index in [0.717, 1.165) is 4.57 Å². The fourth-order valence-corrected chi connectivity index (χ4v) is 3.57. The molecule has 0 radical (unpaired) electrons. The molecule has 0 spiro atoms. The Bertz CT molecular complexity index is 975. The van der Waals surface area contributed by atoms with Crippen LogP contribution in [0.25, 0.3) is 10.9 Å². The van der Waals surface area contributed by atoms with Crippen LogP contribution in [0.4, 0.5) is 0 Å². The minimum Gasteiger partial charge on any atom is -0.548 e. The molecule has 0 bridgehead atoms. The van der Waals surface area contributed by atoms with Gasteiger partial charge in [-0.3, -0.25) is 9.59 Å². The average Bonchev–Trinajstić information content (AvgIpc) is 3.07. The van der Waals surface area contributed by atoms with Gasteiger partial charge in [-0.2, -0.15) is 0 Å². The first-order valence-electron chi connectivity index (χ1n) is 8.58. The van der Waals surface area contributed by atoms with E-state index in [4.69, 9.17) is 0 Å². The van der Waals surface area contributed by atoms with Crippen LogP contribution in [-0.2, 0) is 9.59 Å². The highest BCUT2D eigenvalue weighted by Gasteiger charge is 2.37. The van der Waals surface area contributed by atoms with E-state index in [-0.39, 0.29) is 12.5 Å². The zero-order valence-electron chi connectivity index (χ0n) is 14.6. The van der Waals surface area contributed by atoms with Gasteiger partial charge in [0.1, 0.15) is 6.04 Å². The Balaban J connectivity index is 2.14. The predicted molar refractivity (Wildman–Crippen MR) is 92.4 cm³/mol. The second-order valence-corrected chi connectivity index (χ2v) is 6.85. The van der Waals surface area contributed by atoms with Gasteiger partial charge in [-0.1, -0.05) is 26.0 Å². The molecular formula is C18H20N3O5-. The topological polar surface area (TPSA) is 115 Å². The van der Waals surface area contributed by atoms with Crippen LogP contribution in [0.3, 0.4) is 0 Å². The Labute approximate surface area is 149 Å². The number of hydrogen-bond acceptors (Lipinski definition) is 5. The van der Waals surface area contributed by atoms with Crippen molar-refractivity contribution >= 4 is 22.8 Å². The molecule has 1 saturated heterocycles. The van der Waals surface area contributed by atoms with Gasteiger partial charge in [0.2, 0.25) is 5.91 Å². The maximum atomic E-state index is 13.1. The van der Waals surface area contributed by atoms with Crippen LogP contribution in [0.15, 0.2) is 33.9 Å². The lowest BCUT2D eigenvalue weighted by Gasteiger charge is -2.31. The van der Waals surface area contributed by atoms with E-state index in [2.05, 4.69) is 4.98 Å². The summed E-state index contributed by atoms with van der Waals surface area (Å²) in [7, 11) is 0. The Morgan fingerprint density at radius 3 is 2.58 bits per heavy atom. The fraction of sp³-hybridized carbons (Fsp3) is 0.444. The number of H-pyrrole nitrogens is 1. The molecule has 1 aliphatic rings. The van der Waals surface area contributed by atoms with Gasteiger partial charge in [0, 0.05) is 6.54 Å². The summed E-state index contributed by atoms with van der Waals surface area (Å²) < 4.78 is 0.903. The van der Waals surface area contributed by atoms with Crippen LogP contribution in [0.2, 0.25) is 0 Å². The predicted octanol–water partition coefficient (Wildman–Crippen LogP) is -0.372. The molecule has 1 aliphatic heterocycles. The number of rotatable bonds is 4. The lowest BCUT2D eigenvalue weighted by atomic mass is 10.0. The smallest absolute Gasteiger partial charge is 0.329 e. The van der Waals surface area contributed by atoms with Crippen LogP contribution < -0.4 is 16.4 Å². The third kappa shape index (κ3) is 2.91. The number of benzene rings is 1. The molecular weight excluding hydrogens is 338 g/mol. The van der Waals surface area contributed by atoms with Gasteiger partial charge in [0.05, 0.1) is 22.9 Å². The molecule has 1 N–H and O–H groups in total. The minimum absolute atomic E-state index is 0.265. The SMILES string of the molecule is CC(C)[C@@H](C(=O)N1CCC[C@@H]1C(=O)[O-])n1c(=O)[nH]c2ccccc2c1=O. The highest BCUT2D eigenvalue weighted by atomic mass is 16.4. The summed E-state index contributed by atoms with van der Waals surface area (Å²) in [5.41, 5.74) is -0.868. The molecule has 26 heavy (non-hydrogen) atoms. The van der Waals surface area contributed by atoms with Crippen LogP contribution in [0, 0.1) is 5.92 Å². The van der Waals surface area contributed by atoms with E-state index in [9.17, 15) is 24.3 Å². The number of carboxylic acids is 1. The molecule has 0 aliphatic carbocycles. The van der Waals surface area contributed by atoms with Gasteiger partial charge in [0.15, 0.2) is 0 Å². The van der Waals surface area contributed by atoms with Crippen molar-refractivity contribution in [3.8, 4) is 0 Å². The van der Waals surface area contributed by atoms with Gasteiger partial charge in [-0.25, -0.2) is 9.36 Å². The molecule has 8 nitrogen and oxygen atoms in total. The Morgan fingerprint density at radius 1 is 1.23 bits per heavy atom. The van der Waals surface area contributed by atoms with Crippen molar-refractivity contribution in [1.82, 2.24) is 14.5 Å². The van der Waals surface area contributed by atoms with Gasteiger partial charge >= 0.3 is 5.69 Å². The number of amides is 1. The van der Waals surface area contributed by atoms with Gasteiger partial charge < -0.3 is 19.8 Å². The van der Waals surface area contributed by atoms with Crippen LogP contribution >= 0.6 is 0 Å². The average molecular weight is 358 g/mol. The Kier molecular flexibility index (Phi) is 4.67. The van der Waals surface area contributed by atoms with Crippen molar-refractivity contribution in [2.75, 3.05) is 6.54 Å². The lowest BCUT2D eigenvalue weighted by molar-refractivity contribution is -0.310. The summed E-state index contributed by atoms with van der Waals surface area (Å²) in [6, 6.07) is 4.44. The third-order valence-corrected chi connectivity index (χ3v) is 4.81. The number of nitrogens with zero attached hydrogens (tertiary/aromatic N) is 2. The van der Waals surface area contributed by atoms with E-state index in [0.29, 0.717) is 23.7 Å². The van der Waals surface area contributed by atoms with E-state index in [1.165, 1.54) is 4.90 Å². The first kappa shape index (κ1) is 17.9. The highest BCUT2D eigenvalue weighted by molar-refractivity contribution is 5.86. The molecule has 0 unspecified atom stereocenters. The molecule has 2 aromatic rings. The molecule has 0 saturated carbocycles. The number of likely N-dealkylation sites (tertiary alicyclic amines) is 1. The van der Waals surface area contributed by atoms with Crippen molar-refractivity contribution in [3.05, 3.63) is 45.1 Å². The van der Waals surface area contributed by atoms with Crippen molar-refractivity contribution in [2.45, 2.75) is 38.8 Å².